The number of halogens is 4. The number of aryl methyl sites for hydroxylation is 1. The molecule has 0 spiro atoms. The highest BCUT2D eigenvalue weighted by Gasteiger charge is 2.31. The maximum Gasteiger partial charge on any atom is 0.416 e. The van der Waals surface area contributed by atoms with Gasteiger partial charge in [0, 0.05) is 10.7 Å². The maximum atomic E-state index is 12.0. The molecule has 0 bridgehead atoms. The number of rotatable bonds is 0. The predicted molar refractivity (Wildman–Crippen MR) is 53.6 cm³/mol. The average Bonchev–Trinajstić information content (AvgIpc) is 1.99. The minimum absolute atomic E-state index is 0.264. The van der Waals surface area contributed by atoms with Crippen LogP contribution in [0.4, 0.5) is 13.2 Å². The van der Waals surface area contributed by atoms with E-state index in [1.54, 1.807) is 6.07 Å². The fraction of sp³-hybridized carbons (Fsp3) is 0.250. The lowest BCUT2D eigenvalue weighted by atomic mass is 10.1. The molecule has 0 aliphatic heterocycles. The van der Waals surface area contributed by atoms with Crippen molar-refractivity contribution in [3.63, 3.8) is 0 Å². The molecular formula is C8H8ClF3O3S. The lowest BCUT2D eigenvalue weighted by molar-refractivity contribution is -0.138. The van der Waals surface area contributed by atoms with Crippen LogP contribution >= 0.6 is 10.7 Å². The molecule has 1 aromatic rings. The SMILES string of the molecule is Cc1ccccc1C(F)(F)F.O=S(=O)(O)Cl. The van der Waals surface area contributed by atoms with Crippen LogP contribution in [0.3, 0.4) is 0 Å². The van der Waals surface area contributed by atoms with E-state index in [9.17, 15) is 13.2 Å². The van der Waals surface area contributed by atoms with E-state index in [1.165, 1.54) is 19.1 Å². The van der Waals surface area contributed by atoms with Gasteiger partial charge in [0.2, 0.25) is 0 Å². The molecule has 16 heavy (non-hydrogen) atoms. The molecular weight excluding hydrogens is 269 g/mol. The van der Waals surface area contributed by atoms with Gasteiger partial charge in [-0.05, 0) is 18.6 Å². The largest absolute Gasteiger partial charge is 0.416 e. The Balaban J connectivity index is 0.000000385. The van der Waals surface area contributed by atoms with E-state index in [0.29, 0.717) is 0 Å². The Kier molecular flexibility index (Phi) is 5.24. The van der Waals surface area contributed by atoms with Gasteiger partial charge in [-0.15, -0.1) is 0 Å². The van der Waals surface area contributed by atoms with E-state index in [4.69, 9.17) is 13.0 Å². The van der Waals surface area contributed by atoms with Gasteiger partial charge < -0.3 is 0 Å². The molecule has 0 radical (unpaired) electrons. The first-order valence-corrected chi connectivity index (χ1v) is 6.08. The molecule has 1 aromatic carbocycles. The summed E-state index contributed by atoms with van der Waals surface area (Å²) in [6.45, 7) is 1.45. The fourth-order valence-electron chi connectivity index (χ4n) is 0.891. The molecule has 0 saturated heterocycles. The molecule has 0 heterocycles. The van der Waals surface area contributed by atoms with Crippen molar-refractivity contribution in [2.45, 2.75) is 13.1 Å². The molecule has 0 saturated carbocycles. The van der Waals surface area contributed by atoms with Crippen LogP contribution in [0, 0.1) is 6.92 Å². The van der Waals surface area contributed by atoms with Crippen molar-refractivity contribution in [3.8, 4) is 0 Å². The highest BCUT2D eigenvalue weighted by molar-refractivity contribution is 8.09. The minimum Gasteiger partial charge on any atom is -0.273 e. The molecule has 3 nitrogen and oxygen atoms in total. The Labute approximate surface area is 95.1 Å². The first kappa shape index (κ1) is 15.2. The first-order chi connectivity index (χ1) is 7.02. The zero-order valence-electron chi connectivity index (χ0n) is 7.99. The van der Waals surface area contributed by atoms with Gasteiger partial charge in [0.05, 0.1) is 5.56 Å². The zero-order valence-corrected chi connectivity index (χ0v) is 9.57. The summed E-state index contributed by atoms with van der Waals surface area (Å²) in [6.07, 6.45) is -4.22. The maximum absolute atomic E-state index is 12.0. The van der Waals surface area contributed by atoms with E-state index >= 15 is 0 Å². The fourth-order valence-corrected chi connectivity index (χ4v) is 0.891. The van der Waals surface area contributed by atoms with Gasteiger partial charge in [0.15, 0.2) is 0 Å². The summed E-state index contributed by atoms with van der Waals surface area (Å²) >= 11 is 0. The van der Waals surface area contributed by atoms with Crippen molar-refractivity contribution in [1.29, 1.82) is 0 Å². The van der Waals surface area contributed by atoms with E-state index in [2.05, 4.69) is 10.7 Å². The van der Waals surface area contributed by atoms with Crippen LogP contribution in [0.25, 0.3) is 0 Å². The van der Waals surface area contributed by atoms with E-state index in [-0.39, 0.29) is 5.56 Å². The van der Waals surface area contributed by atoms with E-state index < -0.39 is 21.1 Å². The minimum atomic E-state index is -4.22. The Morgan fingerprint density at radius 2 is 1.62 bits per heavy atom. The number of hydrogen-bond donors (Lipinski definition) is 1. The zero-order chi connectivity index (χ0) is 13.0. The lowest BCUT2D eigenvalue weighted by Gasteiger charge is -2.08. The van der Waals surface area contributed by atoms with Crippen LogP contribution in [0.2, 0.25) is 0 Å². The third-order valence-corrected chi connectivity index (χ3v) is 1.45. The van der Waals surface area contributed by atoms with Crippen molar-refractivity contribution < 1.29 is 26.1 Å². The van der Waals surface area contributed by atoms with Crippen LogP contribution in [0.15, 0.2) is 24.3 Å². The topological polar surface area (TPSA) is 54.4 Å². The normalized spacial score (nSPS) is 11.6. The van der Waals surface area contributed by atoms with Crippen molar-refractivity contribution in [1.82, 2.24) is 0 Å². The van der Waals surface area contributed by atoms with Crippen molar-refractivity contribution in [2.75, 3.05) is 0 Å². The second kappa shape index (κ2) is 5.51. The van der Waals surface area contributed by atoms with E-state index in [0.717, 1.165) is 6.07 Å². The molecule has 0 amide bonds. The smallest absolute Gasteiger partial charge is 0.273 e. The molecule has 0 unspecified atom stereocenters. The van der Waals surface area contributed by atoms with E-state index in [1.807, 2.05) is 0 Å². The van der Waals surface area contributed by atoms with Crippen LogP contribution in [0.1, 0.15) is 11.1 Å². The molecule has 1 rings (SSSR count). The van der Waals surface area contributed by atoms with Crippen molar-refractivity contribution >= 4 is 20.0 Å². The molecule has 0 aliphatic rings. The third kappa shape index (κ3) is 7.49. The standard InChI is InChI=1S/C8H7F3.ClHO3S/c1-6-4-2-3-5-7(6)8(9,10)11;1-5(2,3)4/h2-5H,1H3;(H,2,3,4). The second-order valence-corrected chi connectivity index (χ2v) is 4.72. The highest BCUT2D eigenvalue weighted by atomic mass is 35.7. The molecule has 0 atom stereocenters. The lowest BCUT2D eigenvalue weighted by Crippen LogP contribution is -2.06. The van der Waals surface area contributed by atoms with Gasteiger partial charge in [0.1, 0.15) is 0 Å². The molecule has 0 aromatic heterocycles. The van der Waals surface area contributed by atoms with Crippen LogP contribution in [-0.2, 0) is 15.5 Å². The molecule has 0 fully saturated rings. The van der Waals surface area contributed by atoms with Gasteiger partial charge in [-0.25, -0.2) is 0 Å². The van der Waals surface area contributed by atoms with Crippen molar-refractivity contribution in [2.24, 2.45) is 0 Å². The van der Waals surface area contributed by atoms with Gasteiger partial charge in [-0.2, -0.15) is 21.6 Å². The average molecular weight is 277 g/mol. The molecule has 92 valence electrons. The van der Waals surface area contributed by atoms with Crippen LogP contribution in [-0.4, -0.2) is 13.0 Å². The van der Waals surface area contributed by atoms with Crippen molar-refractivity contribution in [3.05, 3.63) is 35.4 Å². The molecule has 1 N–H and O–H groups in total. The molecule has 8 heteroatoms. The molecule has 0 aliphatic carbocycles. The number of benzene rings is 1. The van der Waals surface area contributed by atoms with Gasteiger partial charge >= 0.3 is 15.5 Å². The Morgan fingerprint density at radius 3 is 1.88 bits per heavy atom. The summed E-state index contributed by atoms with van der Waals surface area (Å²) in [5.41, 5.74) is -0.292. The first-order valence-electron chi connectivity index (χ1n) is 3.81. The summed E-state index contributed by atoms with van der Waals surface area (Å²) in [4.78, 5) is 0. The second-order valence-electron chi connectivity index (χ2n) is 2.72. The predicted octanol–water partition coefficient (Wildman–Crippen LogP) is 3.04. The number of hydrogen-bond acceptors (Lipinski definition) is 2. The monoisotopic (exact) mass is 276 g/mol. The number of alkyl halides is 3. The Morgan fingerprint density at radius 1 is 1.25 bits per heavy atom. The Bertz CT molecular complexity index is 434. The summed E-state index contributed by atoms with van der Waals surface area (Å²) in [5, 5.41) is 0. The summed E-state index contributed by atoms with van der Waals surface area (Å²) in [7, 11) is -0.137. The van der Waals surface area contributed by atoms with Gasteiger partial charge in [-0.1, -0.05) is 18.2 Å². The summed E-state index contributed by atoms with van der Waals surface area (Å²) < 4.78 is 61.3. The highest BCUT2D eigenvalue weighted by Crippen LogP contribution is 2.31. The third-order valence-electron chi connectivity index (χ3n) is 1.45. The quantitative estimate of drug-likeness (QED) is 0.585. The summed E-state index contributed by atoms with van der Waals surface area (Å²) in [5.74, 6) is 0. The summed E-state index contributed by atoms with van der Waals surface area (Å²) in [6, 6.07) is 5.50. The van der Waals surface area contributed by atoms with Gasteiger partial charge in [0.25, 0.3) is 0 Å². The van der Waals surface area contributed by atoms with Crippen LogP contribution in [0.5, 0.6) is 0 Å². The van der Waals surface area contributed by atoms with Gasteiger partial charge in [-0.3, -0.25) is 4.55 Å². The van der Waals surface area contributed by atoms with Crippen LogP contribution < -0.4 is 0 Å². The Hall–Kier alpha value is -0.790.